The van der Waals surface area contributed by atoms with E-state index in [0.717, 1.165) is 17.1 Å². The van der Waals surface area contributed by atoms with Crippen molar-refractivity contribution >= 4 is 51.5 Å². The van der Waals surface area contributed by atoms with Gasteiger partial charge in [0, 0.05) is 31.5 Å². The van der Waals surface area contributed by atoms with Crippen molar-refractivity contribution in [2.75, 3.05) is 29.7 Å². The van der Waals surface area contributed by atoms with Crippen molar-refractivity contribution < 1.29 is 23.1 Å². The lowest BCUT2D eigenvalue weighted by Crippen LogP contribution is -2.37. The van der Waals surface area contributed by atoms with Gasteiger partial charge in [0.15, 0.2) is 5.75 Å². The van der Waals surface area contributed by atoms with Crippen LogP contribution in [-0.4, -0.2) is 68.1 Å². The maximum atomic E-state index is 12.9. The first-order valence-corrected chi connectivity index (χ1v) is 13.1. The number of anilines is 1. The third-order valence-electron chi connectivity index (χ3n) is 5.58. The molecule has 192 valence electrons. The van der Waals surface area contributed by atoms with Crippen LogP contribution in [0.3, 0.4) is 0 Å². The van der Waals surface area contributed by atoms with E-state index in [1.54, 1.807) is 42.5 Å². The maximum absolute atomic E-state index is 12.9. The summed E-state index contributed by atoms with van der Waals surface area (Å²) in [6, 6.07) is 11.4. The highest BCUT2D eigenvalue weighted by molar-refractivity contribution is 7.93. The van der Waals surface area contributed by atoms with Crippen molar-refractivity contribution in [3.63, 3.8) is 0 Å². The summed E-state index contributed by atoms with van der Waals surface area (Å²) >= 11 is 6.42. The van der Waals surface area contributed by atoms with Gasteiger partial charge in [-0.05, 0) is 29.8 Å². The molecule has 0 radical (unpaired) electrons. The van der Waals surface area contributed by atoms with Crippen LogP contribution in [0.4, 0.5) is 5.69 Å². The summed E-state index contributed by atoms with van der Waals surface area (Å²) in [4.78, 5) is 13.1. The van der Waals surface area contributed by atoms with Crippen LogP contribution in [0.1, 0.15) is 24.0 Å². The summed E-state index contributed by atoms with van der Waals surface area (Å²) < 4.78 is 32.7. The number of halogens is 1. The summed E-state index contributed by atoms with van der Waals surface area (Å²) in [6.45, 7) is 1.26. The number of piperidine rings is 1. The molecule has 10 nitrogen and oxygen atoms in total. The Hall–Kier alpha value is -3.57. The Kier molecular flexibility index (Phi) is 8.94. The van der Waals surface area contributed by atoms with Gasteiger partial charge < -0.3 is 20.5 Å². The quantitative estimate of drug-likeness (QED) is 0.255. The number of carboxylic acids is 1. The molecule has 1 heterocycles. The van der Waals surface area contributed by atoms with Crippen LogP contribution < -0.4 is 14.8 Å². The maximum Gasteiger partial charge on any atom is 0.320 e. The topological polar surface area (TPSA) is 161 Å². The Morgan fingerprint density at radius 1 is 1.25 bits per heavy atom. The van der Waals surface area contributed by atoms with E-state index in [-0.39, 0.29) is 29.2 Å². The van der Waals surface area contributed by atoms with Gasteiger partial charge >= 0.3 is 5.97 Å². The summed E-state index contributed by atoms with van der Waals surface area (Å²) in [5, 5.41) is 24.2. The number of nitrogens with one attached hydrogen (secondary N) is 2. The van der Waals surface area contributed by atoms with Crippen molar-refractivity contribution in [1.29, 1.82) is 10.8 Å². The number of ether oxygens (including phenoxy) is 1. The Balaban J connectivity index is 1.81. The van der Waals surface area contributed by atoms with Gasteiger partial charge in [-0.1, -0.05) is 42.0 Å². The molecule has 0 amide bonds. The molecule has 0 unspecified atom stereocenters. The molecule has 2 aromatic rings. The number of rotatable bonds is 11. The van der Waals surface area contributed by atoms with Crippen LogP contribution in [0.15, 0.2) is 48.5 Å². The first-order valence-electron chi connectivity index (χ1n) is 11.1. The third-order valence-corrected chi connectivity index (χ3v) is 7.52. The second-order valence-electron chi connectivity index (χ2n) is 8.22. The fraction of sp³-hybridized carbons (Fsp3) is 0.292. The van der Waals surface area contributed by atoms with Gasteiger partial charge in [-0.25, -0.2) is 8.42 Å². The molecule has 5 N–H and O–H groups in total. The Bertz CT molecular complexity index is 1260. The number of nitrogens with two attached hydrogens (primary N) is 1. The number of hydrogen-bond donors (Lipinski definition) is 4. The van der Waals surface area contributed by atoms with Gasteiger partial charge in [0.25, 0.3) is 0 Å². The van der Waals surface area contributed by atoms with Crippen LogP contribution in [0.2, 0.25) is 5.02 Å². The molecule has 0 bridgehead atoms. The van der Waals surface area contributed by atoms with Gasteiger partial charge in [-0.2, -0.15) is 0 Å². The molecule has 0 saturated carbocycles. The average molecular weight is 534 g/mol. The highest BCUT2D eigenvalue weighted by Crippen LogP contribution is 2.32. The first-order chi connectivity index (χ1) is 17.1. The minimum Gasteiger partial charge on any atom is -0.489 e. The Morgan fingerprint density at radius 3 is 2.58 bits per heavy atom. The lowest BCUT2D eigenvalue weighted by atomic mass is 10.1. The number of aliphatic carboxylic acids is 1. The molecule has 0 aromatic heterocycles. The van der Waals surface area contributed by atoms with Crippen LogP contribution in [0.25, 0.3) is 6.08 Å². The molecule has 2 aromatic carbocycles. The van der Waals surface area contributed by atoms with Gasteiger partial charge in [-0.3, -0.25) is 19.9 Å². The first kappa shape index (κ1) is 27.0. The number of benzene rings is 2. The van der Waals surface area contributed by atoms with E-state index in [0.29, 0.717) is 30.0 Å². The minimum atomic E-state index is -4.21. The Morgan fingerprint density at radius 2 is 1.97 bits per heavy atom. The summed E-state index contributed by atoms with van der Waals surface area (Å²) in [7, 11) is -4.21. The number of nitrogens with zero attached hydrogens (tertiary/aromatic N) is 2. The smallest absolute Gasteiger partial charge is 0.320 e. The van der Waals surface area contributed by atoms with Crippen LogP contribution >= 0.6 is 11.6 Å². The summed E-state index contributed by atoms with van der Waals surface area (Å²) in [5.74, 6) is -2.24. The molecular formula is C24H28ClN5O5S. The number of sulfonamides is 1. The number of hydrogen-bond acceptors (Lipinski definition) is 6. The number of carboxylic acid groups (broad SMARTS) is 1. The van der Waals surface area contributed by atoms with Crippen LogP contribution in [-0.2, 0) is 14.8 Å². The van der Waals surface area contributed by atoms with Crippen molar-refractivity contribution in [2.24, 2.45) is 5.73 Å². The fourth-order valence-corrected chi connectivity index (χ4v) is 5.19. The molecule has 12 heteroatoms. The van der Waals surface area contributed by atoms with Gasteiger partial charge in [0.1, 0.15) is 17.7 Å². The highest BCUT2D eigenvalue weighted by atomic mass is 35.5. The predicted molar refractivity (Wildman–Crippen MR) is 141 cm³/mol. The van der Waals surface area contributed by atoms with Crippen molar-refractivity contribution in [3.8, 4) is 5.75 Å². The van der Waals surface area contributed by atoms with E-state index in [2.05, 4.69) is 0 Å². The molecule has 36 heavy (non-hydrogen) atoms. The van der Waals surface area contributed by atoms with Crippen LogP contribution in [0, 0.1) is 10.8 Å². The lowest BCUT2D eigenvalue weighted by Gasteiger charge is -2.31. The van der Waals surface area contributed by atoms with E-state index in [1.165, 1.54) is 18.5 Å². The molecular weight excluding hydrogens is 506 g/mol. The van der Waals surface area contributed by atoms with Crippen molar-refractivity contribution in [2.45, 2.75) is 18.9 Å². The van der Waals surface area contributed by atoms with E-state index in [9.17, 15) is 13.2 Å². The standard InChI is InChI=1S/C24H28ClN5O5S/c25-21-14-19(6-7-22(21)35-20-8-11-29(16-26)12-9-20)30(36(33,34)15-23(31)32)10-2-4-17-3-1-5-18(13-17)24(27)28/h1-7,13-14,16,20,26H,8-12,15H2,(H3,27,28)(H,31,32)/b4-2+,26-16?. The van der Waals surface area contributed by atoms with Crippen LogP contribution in [0.5, 0.6) is 5.75 Å². The zero-order chi connectivity index (χ0) is 26.3. The summed E-state index contributed by atoms with van der Waals surface area (Å²) in [6.07, 6.45) is 5.91. The largest absolute Gasteiger partial charge is 0.489 e. The monoisotopic (exact) mass is 533 g/mol. The van der Waals surface area contributed by atoms with E-state index in [4.69, 9.17) is 38.0 Å². The second kappa shape index (κ2) is 11.9. The van der Waals surface area contributed by atoms with Gasteiger partial charge in [0.2, 0.25) is 10.0 Å². The third kappa shape index (κ3) is 7.22. The number of carbonyl (C=O) groups is 1. The molecule has 3 rings (SSSR count). The predicted octanol–water partition coefficient (Wildman–Crippen LogP) is 3.01. The molecule has 1 aliphatic heterocycles. The minimum absolute atomic E-state index is 0.0786. The number of likely N-dealkylation sites (tertiary alicyclic amines) is 1. The van der Waals surface area contributed by atoms with Gasteiger partial charge in [0.05, 0.1) is 23.6 Å². The fourth-order valence-electron chi connectivity index (χ4n) is 3.75. The zero-order valence-electron chi connectivity index (χ0n) is 19.4. The molecule has 0 spiro atoms. The lowest BCUT2D eigenvalue weighted by molar-refractivity contribution is -0.134. The number of amidine groups is 1. The van der Waals surface area contributed by atoms with E-state index < -0.39 is 21.7 Å². The molecule has 1 fully saturated rings. The number of nitrogen functional groups attached to an aromatic ring is 1. The van der Waals surface area contributed by atoms with Crippen molar-refractivity contribution in [1.82, 2.24) is 4.90 Å². The molecule has 1 aliphatic rings. The van der Waals surface area contributed by atoms with Crippen molar-refractivity contribution in [3.05, 3.63) is 64.7 Å². The highest BCUT2D eigenvalue weighted by Gasteiger charge is 2.26. The summed E-state index contributed by atoms with van der Waals surface area (Å²) in [5.41, 5.74) is 6.95. The average Bonchev–Trinajstić information content (AvgIpc) is 2.83. The van der Waals surface area contributed by atoms with Gasteiger partial charge in [-0.15, -0.1) is 0 Å². The van der Waals surface area contributed by atoms with E-state index in [1.807, 2.05) is 4.90 Å². The molecule has 0 aliphatic carbocycles. The SMILES string of the molecule is N=CN1CCC(Oc2ccc(N(C/C=C/c3cccc(C(=N)N)c3)S(=O)(=O)CC(=O)O)cc2Cl)CC1. The Labute approximate surface area is 215 Å². The second-order valence-corrected chi connectivity index (χ2v) is 10.5. The normalized spacial score (nSPS) is 14.5. The molecule has 0 atom stereocenters. The zero-order valence-corrected chi connectivity index (χ0v) is 21.0. The molecule has 1 saturated heterocycles. The van der Waals surface area contributed by atoms with E-state index >= 15 is 0 Å².